The molecule has 2 saturated heterocycles. The van der Waals surface area contributed by atoms with Crippen LogP contribution in [-0.2, 0) is 0 Å². The molecule has 2 nitrogen and oxygen atoms in total. The van der Waals surface area contributed by atoms with Crippen molar-refractivity contribution < 1.29 is 5.11 Å². The lowest BCUT2D eigenvalue weighted by Crippen LogP contribution is -2.45. The third-order valence-corrected chi connectivity index (χ3v) is 3.75. The van der Waals surface area contributed by atoms with E-state index in [1.54, 1.807) is 0 Å². The molecule has 3 heteroatoms. The molecule has 2 fully saturated rings. The van der Waals surface area contributed by atoms with E-state index in [0.717, 1.165) is 18.6 Å². The van der Waals surface area contributed by atoms with Gasteiger partial charge in [0.1, 0.15) is 0 Å². The van der Waals surface area contributed by atoms with Crippen molar-refractivity contribution in [3.05, 3.63) is 0 Å². The van der Waals surface area contributed by atoms with Gasteiger partial charge in [-0.1, -0.05) is 0 Å². The van der Waals surface area contributed by atoms with E-state index < -0.39 is 0 Å². The molecule has 1 N–H and O–H groups in total. The first-order valence-electron chi connectivity index (χ1n) is 5.36. The van der Waals surface area contributed by atoms with E-state index in [-0.39, 0.29) is 6.10 Å². The van der Waals surface area contributed by atoms with Gasteiger partial charge in [0.05, 0.1) is 6.10 Å². The van der Waals surface area contributed by atoms with Crippen molar-refractivity contribution in [3.63, 3.8) is 0 Å². The van der Waals surface area contributed by atoms with E-state index >= 15 is 0 Å². The van der Waals surface area contributed by atoms with Crippen LogP contribution >= 0.6 is 12.6 Å². The van der Waals surface area contributed by atoms with Gasteiger partial charge in [0.25, 0.3) is 0 Å². The van der Waals surface area contributed by atoms with Crippen molar-refractivity contribution in [2.75, 3.05) is 12.3 Å². The van der Waals surface area contributed by atoms with Gasteiger partial charge >= 0.3 is 0 Å². The van der Waals surface area contributed by atoms with E-state index in [0.29, 0.717) is 12.1 Å². The van der Waals surface area contributed by atoms with Crippen molar-refractivity contribution in [1.29, 1.82) is 0 Å². The Morgan fingerprint density at radius 3 is 2.38 bits per heavy atom. The largest absolute Gasteiger partial charge is 0.393 e. The van der Waals surface area contributed by atoms with E-state index in [4.69, 9.17) is 0 Å². The highest BCUT2D eigenvalue weighted by atomic mass is 32.1. The van der Waals surface area contributed by atoms with Crippen LogP contribution in [0, 0.1) is 0 Å². The normalized spacial score (nSPS) is 39.7. The minimum atomic E-state index is -0.0234. The number of nitrogens with zero attached hydrogens (tertiary/aromatic N) is 1. The van der Waals surface area contributed by atoms with Crippen LogP contribution < -0.4 is 0 Å². The van der Waals surface area contributed by atoms with Crippen LogP contribution in [0.5, 0.6) is 0 Å². The van der Waals surface area contributed by atoms with Crippen molar-refractivity contribution in [1.82, 2.24) is 4.90 Å². The fourth-order valence-corrected chi connectivity index (χ4v) is 3.01. The number of fused-ring (bicyclic) bond motifs is 2. The second-order valence-corrected chi connectivity index (χ2v) is 4.77. The molecule has 2 aliphatic rings. The highest BCUT2D eigenvalue weighted by Crippen LogP contribution is 2.35. The average molecular weight is 201 g/mol. The summed E-state index contributed by atoms with van der Waals surface area (Å²) in [6.45, 7) is 1.19. The summed E-state index contributed by atoms with van der Waals surface area (Å²) in [5.41, 5.74) is 0. The number of thiol groups is 1. The quantitative estimate of drug-likeness (QED) is 0.672. The Balaban J connectivity index is 1.90. The molecule has 0 saturated carbocycles. The van der Waals surface area contributed by atoms with Gasteiger partial charge in [-0.2, -0.15) is 12.6 Å². The Hall–Kier alpha value is 0.270. The zero-order chi connectivity index (χ0) is 9.26. The monoisotopic (exact) mass is 201 g/mol. The summed E-state index contributed by atoms with van der Waals surface area (Å²) in [5.74, 6) is 0.985. The first-order chi connectivity index (χ1) is 6.31. The van der Waals surface area contributed by atoms with Crippen LogP contribution in [0.1, 0.15) is 32.1 Å². The van der Waals surface area contributed by atoms with Gasteiger partial charge in [-0.05, 0) is 44.4 Å². The summed E-state index contributed by atoms with van der Waals surface area (Å²) < 4.78 is 0. The summed E-state index contributed by atoms with van der Waals surface area (Å²) in [6.07, 6.45) is 5.77. The SMILES string of the molecule is OC1CC2CCC(C1)N2CCCS. The van der Waals surface area contributed by atoms with Crippen LogP contribution in [-0.4, -0.2) is 40.5 Å². The van der Waals surface area contributed by atoms with Gasteiger partial charge in [0.15, 0.2) is 0 Å². The minimum Gasteiger partial charge on any atom is -0.393 e. The molecule has 0 amide bonds. The highest BCUT2D eigenvalue weighted by Gasteiger charge is 2.39. The number of aliphatic hydroxyl groups is 1. The smallest absolute Gasteiger partial charge is 0.0570 e. The summed E-state index contributed by atoms with van der Waals surface area (Å²) in [7, 11) is 0. The van der Waals surface area contributed by atoms with Gasteiger partial charge in [0, 0.05) is 12.1 Å². The molecule has 76 valence electrons. The maximum absolute atomic E-state index is 9.59. The number of hydrogen-bond acceptors (Lipinski definition) is 3. The van der Waals surface area contributed by atoms with Crippen LogP contribution in [0.4, 0.5) is 0 Å². The fourth-order valence-electron chi connectivity index (χ4n) is 2.86. The fraction of sp³-hybridized carbons (Fsp3) is 1.00. The Labute approximate surface area is 85.7 Å². The summed E-state index contributed by atoms with van der Waals surface area (Å²) in [6, 6.07) is 1.35. The van der Waals surface area contributed by atoms with Crippen molar-refractivity contribution in [2.24, 2.45) is 0 Å². The standard InChI is InChI=1S/C10H19NOS/c12-10-6-8-2-3-9(7-10)11(8)4-1-5-13/h8-10,12-13H,1-7H2. The van der Waals surface area contributed by atoms with Crippen LogP contribution in [0.15, 0.2) is 0 Å². The molecular weight excluding hydrogens is 182 g/mol. The first-order valence-corrected chi connectivity index (χ1v) is 5.99. The molecule has 0 aromatic rings. The molecule has 2 atom stereocenters. The predicted molar refractivity (Wildman–Crippen MR) is 57.2 cm³/mol. The second kappa shape index (κ2) is 4.20. The maximum atomic E-state index is 9.59. The predicted octanol–water partition coefficient (Wildman–Crippen LogP) is 1.29. The molecule has 0 spiro atoms. The third kappa shape index (κ3) is 2.03. The van der Waals surface area contributed by atoms with Crippen molar-refractivity contribution in [2.45, 2.75) is 50.3 Å². The zero-order valence-corrected chi connectivity index (χ0v) is 8.92. The summed E-state index contributed by atoms with van der Waals surface area (Å²) in [4.78, 5) is 2.60. The molecule has 2 unspecified atom stereocenters. The van der Waals surface area contributed by atoms with Crippen molar-refractivity contribution >= 4 is 12.6 Å². The van der Waals surface area contributed by atoms with E-state index in [9.17, 15) is 5.11 Å². The number of aliphatic hydroxyl groups excluding tert-OH is 1. The molecule has 2 bridgehead atoms. The molecule has 0 aliphatic carbocycles. The van der Waals surface area contributed by atoms with Crippen LogP contribution in [0.3, 0.4) is 0 Å². The number of rotatable bonds is 3. The topological polar surface area (TPSA) is 23.5 Å². The molecule has 0 aromatic carbocycles. The number of piperidine rings is 1. The Morgan fingerprint density at radius 1 is 1.23 bits per heavy atom. The van der Waals surface area contributed by atoms with Crippen molar-refractivity contribution in [3.8, 4) is 0 Å². The van der Waals surface area contributed by atoms with Gasteiger partial charge < -0.3 is 5.11 Å². The molecule has 0 aromatic heterocycles. The maximum Gasteiger partial charge on any atom is 0.0570 e. The molecule has 13 heavy (non-hydrogen) atoms. The lowest BCUT2D eigenvalue weighted by Gasteiger charge is -2.37. The van der Waals surface area contributed by atoms with Crippen LogP contribution in [0.25, 0.3) is 0 Å². The Kier molecular flexibility index (Phi) is 3.17. The number of hydrogen-bond donors (Lipinski definition) is 2. The average Bonchev–Trinajstić information content (AvgIpc) is 2.33. The lowest BCUT2D eigenvalue weighted by molar-refractivity contribution is 0.0358. The van der Waals surface area contributed by atoms with Gasteiger partial charge in [-0.3, -0.25) is 4.90 Å². The Bertz CT molecular complexity index is 162. The first kappa shape index (κ1) is 9.81. The van der Waals surface area contributed by atoms with E-state index in [1.807, 2.05) is 0 Å². The molecule has 2 aliphatic heterocycles. The second-order valence-electron chi connectivity index (χ2n) is 4.33. The van der Waals surface area contributed by atoms with Crippen LogP contribution in [0.2, 0.25) is 0 Å². The van der Waals surface area contributed by atoms with E-state index in [2.05, 4.69) is 17.5 Å². The zero-order valence-electron chi connectivity index (χ0n) is 8.02. The molecular formula is C10H19NOS. The third-order valence-electron chi connectivity index (χ3n) is 3.43. The Morgan fingerprint density at radius 2 is 1.85 bits per heavy atom. The van der Waals surface area contributed by atoms with Gasteiger partial charge in [-0.15, -0.1) is 0 Å². The minimum absolute atomic E-state index is 0.0234. The molecule has 0 radical (unpaired) electrons. The van der Waals surface area contributed by atoms with Gasteiger partial charge in [0.2, 0.25) is 0 Å². The highest BCUT2D eigenvalue weighted by molar-refractivity contribution is 7.80. The summed E-state index contributed by atoms with van der Waals surface area (Å²) in [5, 5.41) is 9.59. The molecule has 2 heterocycles. The van der Waals surface area contributed by atoms with E-state index in [1.165, 1.54) is 25.8 Å². The summed E-state index contributed by atoms with van der Waals surface area (Å²) >= 11 is 4.24. The van der Waals surface area contributed by atoms with Gasteiger partial charge in [-0.25, -0.2) is 0 Å². The lowest BCUT2D eigenvalue weighted by atomic mass is 10.00. The molecule has 2 rings (SSSR count).